The Hall–Kier alpha value is -1.73. The van der Waals surface area contributed by atoms with Gasteiger partial charge in [-0.1, -0.05) is 6.07 Å². The molecule has 1 aliphatic rings. The van der Waals surface area contributed by atoms with Crippen molar-refractivity contribution >= 4 is 41.0 Å². The number of phenolic OH excluding ortho intramolecular Hbond substituents is 1. The van der Waals surface area contributed by atoms with Crippen molar-refractivity contribution in [3.8, 4) is 5.75 Å². The Bertz CT molecular complexity index is 689. The van der Waals surface area contributed by atoms with Crippen LogP contribution in [0.5, 0.6) is 5.75 Å². The van der Waals surface area contributed by atoms with Gasteiger partial charge in [0.15, 0.2) is 0 Å². The SMILES string of the molecule is O=C(CCl)Nc1cc(C2(Cl)C=C(C(F)(F)F)C=NC2)ccc1O. The minimum atomic E-state index is -4.57. The van der Waals surface area contributed by atoms with Crippen molar-refractivity contribution in [3.05, 3.63) is 35.4 Å². The highest BCUT2D eigenvalue weighted by atomic mass is 35.5. The highest BCUT2D eigenvalue weighted by Gasteiger charge is 2.39. The molecule has 0 aromatic heterocycles. The average Bonchev–Trinajstić information content (AvgIpc) is 2.48. The van der Waals surface area contributed by atoms with Crippen LogP contribution in [0.1, 0.15) is 5.56 Å². The number of phenols is 1. The minimum Gasteiger partial charge on any atom is -0.506 e. The summed E-state index contributed by atoms with van der Waals surface area (Å²) in [6, 6.07) is 3.88. The summed E-state index contributed by atoms with van der Waals surface area (Å²) in [5, 5.41) is 12.1. The summed E-state index contributed by atoms with van der Waals surface area (Å²) in [5.74, 6) is -1.17. The van der Waals surface area contributed by atoms with Gasteiger partial charge in [0, 0.05) is 6.21 Å². The lowest BCUT2D eigenvalue weighted by Gasteiger charge is -2.27. The Morgan fingerprint density at radius 2 is 2.13 bits per heavy atom. The van der Waals surface area contributed by atoms with Gasteiger partial charge in [-0.15, -0.1) is 23.2 Å². The van der Waals surface area contributed by atoms with Crippen LogP contribution >= 0.6 is 23.2 Å². The van der Waals surface area contributed by atoms with E-state index < -0.39 is 22.5 Å². The predicted molar refractivity (Wildman–Crippen MR) is 82.5 cm³/mol. The van der Waals surface area contributed by atoms with Gasteiger partial charge in [-0.25, -0.2) is 0 Å². The summed E-state index contributed by atoms with van der Waals surface area (Å²) in [6.45, 7) is -0.109. The molecule has 0 fully saturated rings. The first-order valence-electron chi connectivity index (χ1n) is 6.34. The first kappa shape index (κ1) is 17.6. The fraction of sp³-hybridized carbons (Fsp3) is 0.286. The lowest BCUT2D eigenvalue weighted by atomic mass is 9.93. The number of dihydropyridines is 1. The molecule has 1 atom stereocenters. The zero-order valence-electron chi connectivity index (χ0n) is 11.5. The fourth-order valence-corrected chi connectivity index (χ4v) is 2.39. The molecule has 4 nitrogen and oxygen atoms in total. The third-order valence-corrected chi connectivity index (χ3v) is 3.82. The van der Waals surface area contributed by atoms with E-state index in [2.05, 4.69) is 10.3 Å². The van der Waals surface area contributed by atoms with Crippen molar-refractivity contribution in [2.75, 3.05) is 17.7 Å². The lowest BCUT2D eigenvalue weighted by Crippen LogP contribution is -2.28. The molecule has 1 unspecified atom stereocenters. The van der Waals surface area contributed by atoms with Gasteiger partial charge in [-0.2, -0.15) is 13.2 Å². The zero-order chi connectivity index (χ0) is 17.3. The maximum absolute atomic E-state index is 12.8. The first-order chi connectivity index (χ1) is 10.7. The number of aromatic hydroxyl groups is 1. The average molecular weight is 367 g/mol. The fourth-order valence-electron chi connectivity index (χ4n) is 2.01. The molecule has 2 N–H and O–H groups in total. The largest absolute Gasteiger partial charge is 0.506 e. The molecule has 0 spiro atoms. The summed E-state index contributed by atoms with van der Waals surface area (Å²) < 4.78 is 38.5. The van der Waals surface area contributed by atoms with Gasteiger partial charge in [0.05, 0.1) is 17.8 Å². The molecule has 9 heteroatoms. The number of rotatable bonds is 3. The number of nitrogens with zero attached hydrogens (tertiary/aromatic N) is 1. The first-order valence-corrected chi connectivity index (χ1v) is 7.25. The molecule has 23 heavy (non-hydrogen) atoms. The molecule has 1 aliphatic heterocycles. The topological polar surface area (TPSA) is 61.7 Å². The highest BCUT2D eigenvalue weighted by molar-refractivity contribution is 6.29. The second-order valence-corrected chi connectivity index (χ2v) is 5.79. The molecular weight excluding hydrogens is 356 g/mol. The molecule has 0 radical (unpaired) electrons. The Balaban J connectivity index is 2.41. The number of alkyl halides is 5. The Kier molecular flexibility index (Phi) is 4.91. The van der Waals surface area contributed by atoms with Gasteiger partial charge < -0.3 is 10.4 Å². The number of amides is 1. The highest BCUT2D eigenvalue weighted by Crippen LogP contribution is 2.40. The Morgan fingerprint density at radius 1 is 1.43 bits per heavy atom. The number of halogens is 5. The standard InChI is InChI=1S/C14H11Cl2F3N2O2/c15-5-12(23)21-10-3-8(1-2-11(10)22)13(16)4-9(6-20-7-13)14(17,18)19/h1-4,6,22H,5,7H2,(H,21,23). The molecule has 0 saturated carbocycles. The second kappa shape index (κ2) is 6.41. The predicted octanol–water partition coefficient (Wildman–Crippen LogP) is 3.58. The van der Waals surface area contributed by atoms with E-state index >= 15 is 0 Å². The number of aliphatic imine (C=N–C) groups is 1. The van der Waals surface area contributed by atoms with Crippen LogP contribution < -0.4 is 5.32 Å². The van der Waals surface area contributed by atoms with E-state index in [1.807, 2.05) is 0 Å². The number of allylic oxidation sites excluding steroid dienone is 1. The second-order valence-electron chi connectivity index (χ2n) is 4.84. The van der Waals surface area contributed by atoms with E-state index in [-0.39, 0.29) is 29.4 Å². The number of nitrogens with one attached hydrogen (secondary N) is 1. The van der Waals surface area contributed by atoms with Gasteiger partial charge in [0.25, 0.3) is 0 Å². The molecule has 0 aliphatic carbocycles. The van der Waals surface area contributed by atoms with E-state index in [4.69, 9.17) is 23.2 Å². The number of hydrogen-bond donors (Lipinski definition) is 2. The molecular formula is C14H11Cl2F3N2O2. The van der Waals surface area contributed by atoms with Gasteiger partial charge in [-0.05, 0) is 23.8 Å². The Labute approximate surface area is 139 Å². The lowest BCUT2D eigenvalue weighted by molar-refractivity contribution is -0.114. The summed E-state index contributed by atoms with van der Waals surface area (Å²) in [7, 11) is 0. The Morgan fingerprint density at radius 3 is 2.74 bits per heavy atom. The van der Waals surface area contributed by atoms with E-state index in [1.165, 1.54) is 18.2 Å². The van der Waals surface area contributed by atoms with Crippen molar-refractivity contribution in [3.63, 3.8) is 0 Å². The quantitative estimate of drug-likeness (QED) is 0.634. The van der Waals surface area contributed by atoms with Crippen molar-refractivity contribution in [1.29, 1.82) is 0 Å². The van der Waals surface area contributed by atoms with Gasteiger partial charge >= 0.3 is 6.18 Å². The molecule has 124 valence electrons. The zero-order valence-corrected chi connectivity index (χ0v) is 13.0. The molecule has 2 rings (SSSR count). The summed E-state index contributed by atoms with van der Waals surface area (Å²) >= 11 is 11.7. The molecule has 0 saturated heterocycles. The minimum absolute atomic E-state index is 0.00434. The van der Waals surface area contributed by atoms with Gasteiger partial charge in [0.2, 0.25) is 5.91 Å². The van der Waals surface area contributed by atoms with Gasteiger partial charge in [0.1, 0.15) is 16.5 Å². The van der Waals surface area contributed by atoms with Crippen LogP contribution in [0.25, 0.3) is 0 Å². The van der Waals surface area contributed by atoms with Crippen LogP contribution in [0, 0.1) is 0 Å². The van der Waals surface area contributed by atoms with E-state index in [0.29, 0.717) is 0 Å². The smallest absolute Gasteiger partial charge is 0.417 e. The van der Waals surface area contributed by atoms with E-state index in [9.17, 15) is 23.1 Å². The van der Waals surface area contributed by atoms with E-state index in [1.54, 1.807) is 0 Å². The van der Waals surface area contributed by atoms with Crippen LogP contribution in [-0.2, 0) is 9.67 Å². The summed E-state index contributed by atoms with van der Waals surface area (Å²) in [5.41, 5.74) is -0.705. The molecule has 1 aromatic carbocycles. The third-order valence-electron chi connectivity index (χ3n) is 3.14. The summed E-state index contributed by atoms with van der Waals surface area (Å²) in [4.78, 5) is 13.4. The molecule has 0 bridgehead atoms. The number of carbonyl (C=O) groups is 1. The molecule has 1 heterocycles. The van der Waals surface area contributed by atoms with Crippen LogP contribution in [0.15, 0.2) is 34.8 Å². The number of hydrogen-bond acceptors (Lipinski definition) is 3. The number of benzene rings is 1. The maximum Gasteiger partial charge on any atom is 0.417 e. The van der Waals surface area contributed by atoms with Gasteiger partial charge in [-0.3, -0.25) is 9.79 Å². The number of anilines is 1. The van der Waals surface area contributed by atoms with E-state index in [0.717, 1.165) is 12.3 Å². The van der Waals surface area contributed by atoms with Crippen molar-refractivity contribution in [2.45, 2.75) is 11.1 Å². The van der Waals surface area contributed by atoms with Crippen LogP contribution in [0.3, 0.4) is 0 Å². The van der Waals surface area contributed by atoms with Crippen LogP contribution in [0.2, 0.25) is 0 Å². The molecule has 1 aromatic rings. The monoisotopic (exact) mass is 366 g/mol. The normalized spacial score (nSPS) is 21.0. The molecule has 1 amide bonds. The van der Waals surface area contributed by atoms with Crippen LogP contribution in [-0.4, -0.2) is 35.8 Å². The maximum atomic E-state index is 12.8. The van der Waals surface area contributed by atoms with Crippen molar-refractivity contribution in [1.82, 2.24) is 0 Å². The third kappa shape index (κ3) is 3.97. The summed E-state index contributed by atoms with van der Waals surface area (Å²) in [6.07, 6.45) is -2.99. The van der Waals surface area contributed by atoms with Crippen molar-refractivity contribution < 1.29 is 23.1 Å². The van der Waals surface area contributed by atoms with Crippen LogP contribution in [0.4, 0.5) is 18.9 Å². The van der Waals surface area contributed by atoms with Crippen molar-refractivity contribution in [2.24, 2.45) is 4.99 Å². The number of carbonyl (C=O) groups excluding carboxylic acids is 1.